The summed E-state index contributed by atoms with van der Waals surface area (Å²) in [5.74, 6) is 0.711. The molecule has 0 bridgehead atoms. The van der Waals surface area contributed by atoms with Gasteiger partial charge in [0, 0.05) is 6.08 Å². The molecule has 0 fully saturated rings. The van der Waals surface area contributed by atoms with Crippen molar-refractivity contribution in [2.24, 2.45) is 0 Å². The molecule has 0 saturated heterocycles. The van der Waals surface area contributed by atoms with Crippen LogP contribution in [0.5, 0.6) is 0 Å². The summed E-state index contributed by atoms with van der Waals surface area (Å²) in [5.41, 5.74) is 1.90. The molecule has 2 rings (SSSR count). The van der Waals surface area contributed by atoms with Crippen LogP contribution in [-0.2, 0) is 0 Å². The summed E-state index contributed by atoms with van der Waals surface area (Å²) < 4.78 is 0. The third-order valence-corrected chi connectivity index (χ3v) is 1.72. The highest BCUT2D eigenvalue weighted by molar-refractivity contribution is 5.76. The number of rotatable bonds is 1. The Kier molecular flexibility index (Phi) is 1.81. The van der Waals surface area contributed by atoms with E-state index in [0.29, 0.717) is 5.82 Å². The molecule has 0 aliphatic heterocycles. The summed E-state index contributed by atoms with van der Waals surface area (Å²) in [4.78, 5) is 7.34. The number of H-pyrrole nitrogens is 1. The Morgan fingerprint density at radius 1 is 1.38 bits per heavy atom. The molecule has 0 atom stereocenters. The number of hydrogen-bond acceptors (Lipinski definition) is 2. The van der Waals surface area contributed by atoms with Crippen LogP contribution >= 0.6 is 0 Å². The van der Waals surface area contributed by atoms with Gasteiger partial charge in [0.25, 0.3) is 0 Å². The Balaban J connectivity index is 2.51. The first-order valence-corrected chi connectivity index (χ1v) is 3.91. The van der Waals surface area contributed by atoms with E-state index in [2.05, 4.69) is 9.97 Å². The van der Waals surface area contributed by atoms with E-state index < -0.39 is 0 Å². The van der Waals surface area contributed by atoms with Gasteiger partial charge in [-0.1, -0.05) is 12.1 Å². The van der Waals surface area contributed by atoms with Crippen LogP contribution in [0.2, 0.25) is 0 Å². The lowest BCUT2D eigenvalue weighted by atomic mass is 10.3. The fourth-order valence-electron chi connectivity index (χ4n) is 1.17. The normalized spacial score (nSPS) is 10.7. The van der Waals surface area contributed by atoms with Crippen molar-refractivity contribution in [1.82, 2.24) is 9.97 Å². The first kappa shape index (κ1) is 7.56. The average Bonchev–Trinajstić information content (AvgIpc) is 2.57. The maximum atomic E-state index is 8.32. The van der Waals surface area contributed by atoms with Crippen LogP contribution in [0.25, 0.3) is 17.1 Å². The van der Waals surface area contributed by atoms with E-state index >= 15 is 0 Å². The number of nitriles is 1. The van der Waals surface area contributed by atoms with Crippen molar-refractivity contribution < 1.29 is 0 Å². The van der Waals surface area contributed by atoms with E-state index in [9.17, 15) is 0 Å². The number of benzene rings is 1. The predicted octanol–water partition coefficient (Wildman–Crippen LogP) is 2.10. The SMILES string of the molecule is N#C/C=C\c1nc2ccccc2[nH]1. The maximum Gasteiger partial charge on any atom is 0.131 e. The molecule has 1 aromatic heterocycles. The Hall–Kier alpha value is -2.08. The van der Waals surface area contributed by atoms with Crippen LogP contribution in [0.4, 0.5) is 0 Å². The first-order chi connectivity index (χ1) is 6.40. The number of hydrogen-bond donors (Lipinski definition) is 1. The number of aromatic amines is 1. The monoisotopic (exact) mass is 169 g/mol. The van der Waals surface area contributed by atoms with Gasteiger partial charge in [0.1, 0.15) is 5.82 Å². The van der Waals surface area contributed by atoms with E-state index in [1.165, 1.54) is 6.08 Å². The molecule has 0 amide bonds. The van der Waals surface area contributed by atoms with Gasteiger partial charge in [-0.2, -0.15) is 5.26 Å². The Morgan fingerprint density at radius 3 is 3.00 bits per heavy atom. The van der Waals surface area contributed by atoms with Crippen LogP contribution in [0.3, 0.4) is 0 Å². The van der Waals surface area contributed by atoms with Crippen molar-refractivity contribution in [2.75, 3.05) is 0 Å². The lowest BCUT2D eigenvalue weighted by Gasteiger charge is -1.81. The topological polar surface area (TPSA) is 52.5 Å². The molecule has 1 aromatic carbocycles. The zero-order valence-electron chi connectivity index (χ0n) is 6.86. The molecule has 0 aliphatic carbocycles. The van der Waals surface area contributed by atoms with Gasteiger partial charge in [-0.05, 0) is 18.2 Å². The molecule has 3 nitrogen and oxygen atoms in total. The van der Waals surface area contributed by atoms with Gasteiger partial charge in [0.15, 0.2) is 0 Å². The second-order valence-electron chi connectivity index (χ2n) is 2.60. The molecule has 1 heterocycles. The number of fused-ring (bicyclic) bond motifs is 1. The zero-order valence-corrected chi connectivity index (χ0v) is 6.86. The van der Waals surface area contributed by atoms with E-state index in [0.717, 1.165) is 11.0 Å². The second-order valence-corrected chi connectivity index (χ2v) is 2.60. The van der Waals surface area contributed by atoms with Crippen molar-refractivity contribution >= 4 is 17.1 Å². The highest BCUT2D eigenvalue weighted by atomic mass is 14.9. The first-order valence-electron chi connectivity index (χ1n) is 3.91. The Morgan fingerprint density at radius 2 is 2.23 bits per heavy atom. The van der Waals surface area contributed by atoms with Crippen LogP contribution in [0.15, 0.2) is 30.3 Å². The Labute approximate surface area is 75.3 Å². The number of nitrogens with zero attached hydrogens (tertiary/aromatic N) is 2. The quantitative estimate of drug-likeness (QED) is 0.664. The molecule has 62 valence electrons. The predicted molar refractivity (Wildman–Crippen MR) is 50.7 cm³/mol. The zero-order chi connectivity index (χ0) is 9.10. The summed E-state index contributed by atoms with van der Waals surface area (Å²) in [7, 11) is 0. The standard InChI is InChI=1S/C10H7N3/c11-7-3-6-10-12-8-4-1-2-5-9(8)13-10/h1-6H,(H,12,13)/b6-3-. The summed E-state index contributed by atoms with van der Waals surface area (Å²) in [6.07, 6.45) is 3.05. The molecule has 1 N–H and O–H groups in total. The van der Waals surface area contributed by atoms with Crippen LogP contribution in [-0.4, -0.2) is 9.97 Å². The van der Waals surface area contributed by atoms with Crippen LogP contribution in [0.1, 0.15) is 5.82 Å². The largest absolute Gasteiger partial charge is 0.338 e. The molecule has 2 aromatic rings. The van der Waals surface area contributed by atoms with Gasteiger partial charge in [-0.3, -0.25) is 0 Å². The molecular weight excluding hydrogens is 162 g/mol. The van der Waals surface area contributed by atoms with Crippen LogP contribution < -0.4 is 0 Å². The minimum absolute atomic E-state index is 0.711. The molecule has 3 heteroatoms. The van der Waals surface area contributed by atoms with E-state index in [4.69, 9.17) is 5.26 Å². The molecular formula is C10H7N3. The lowest BCUT2D eigenvalue weighted by molar-refractivity contribution is 1.29. The van der Waals surface area contributed by atoms with Crippen molar-refractivity contribution in [1.29, 1.82) is 5.26 Å². The molecule has 0 unspecified atom stereocenters. The van der Waals surface area contributed by atoms with Crippen molar-refractivity contribution in [3.8, 4) is 6.07 Å². The van der Waals surface area contributed by atoms with Gasteiger partial charge >= 0.3 is 0 Å². The van der Waals surface area contributed by atoms with Gasteiger partial charge in [-0.25, -0.2) is 4.98 Å². The third-order valence-electron chi connectivity index (χ3n) is 1.72. The van der Waals surface area contributed by atoms with Gasteiger partial charge < -0.3 is 4.98 Å². The third kappa shape index (κ3) is 1.42. The number of para-hydroxylation sites is 2. The van der Waals surface area contributed by atoms with Crippen molar-refractivity contribution in [2.45, 2.75) is 0 Å². The summed E-state index contributed by atoms with van der Waals surface area (Å²) in [5, 5.41) is 8.32. The number of nitrogens with one attached hydrogen (secondary N) is 1. The van der Waals surface area contributed by atoms with Gasteiger partial charge in [0.05, 0.1) is 17.1 Å². The summed E-state index contributed by atoms with van der Waals surface area (Å²) in [6.45, 7) is 0. The molecule has 0 aliphatic rings. The van der Waals surface area contributed by atoms with Crippen LogP contribution in [0, 0.1) is 11.3 Å². The number of imidazole rings is 1. The summed E-state index contributed by atoms with van der Waals surface area (Å²) >= 11 is 0. The van der Waals surface area contributed by atoms with E-state index in [1.807, 2.05) is 30.3 Å². The maximum absolute atomic E-state index is 8.32. The van der Waals surface area contributed by atoms with E-state index in [1.54, 1.807) is 6.08 Å². The number of allylic oxidation sites excluding steroid dienone is 1. The molecule has 0 radical (unpaired) electrons. The average molecular weight is 169 g/mol. The fraction of sp³-hybridized carbons (Fsp3) is 0. The smallest absolute Gasteiger partial charge is 0.131 e. The van der Waals surface area contributed by atoms with Gasteiger partial charge in [-0.15, -0.1) is 0 Å². The lowest BCUT2D eigenvalue weighted by Crippen LogP contribution is -1.71. The minimum atomic E-state index is 0.711. The van der Waals surface area contributed by atoms with Gasteiger partial charge in [0.2, 0.25) is 0 Å². The van der Waals surface area contributed by atoms with Crippen molar-refractivity contribution in [3.05, 3.63) is 36.2 Å². The van der Waals surface area contributed by atoms with Crippen molar-refractivity contribution in [3.63, 3.8) is 0 Å². The molecule has 0 spiro atoms. The molecule has 13 heavy (non-hydrogen) atoms. The second kappa shape index (κ2) is 3.11. The fourth-order valence-corrected chi connectivity index (χ4v) is 1.17. The Bertz CT molecular complexity index is 455. The molecule has 0 saturated carbocycles. The number of aromatic nitrogens is 2. The highest BCUT2D eigenvalue weighted by Gasteiger charge is 1.96. The van der Waals surface area contributed by atoms with E-state index in [-0.39, 0.29) is 0 Å². The minimum Gasteiger partial charge on any atom is -0.338 e. The summed E-state index contributed by atoms with van der Waals surface area (Å²) in [6, 6.07) is 9.67. The highest BCUT2D eigenvalue weighted by Crippen LogP contribution is 2.10.